The molecule has 1 aromatic carbocycles. The van der Waals surface area contributed by atoms with Gasteiger partial charge in [0.25, 0.3) is 0 Å². The Kier molecular flexibility index (Phi) is 3.11. The van der Waals surface area contributed by atoms with E-state index >= 15 is 0 Å². The molecule has 94 valence electrons. The maximum atomic E-state index is 4.49. The number of rotatable bonds is 3. The van der Waals surface area contributed by atoms with Crippen molar-refractivity contribution in [2.24, 2.45) is 0 Å². The lowest BCUT2D eigenvalue weighted by molar-refractivity contribution is 1.02. The van der Waals surface area contributed by atoms with Crippen LogP contribution in [0.1, 0.15) is 11.4 Å². The third-order valence-electron chi connectivity index (χ3n) is 3.06. The smallest absolute Gasteiger partial charge is 0.0722 e. The van der Waals surface area contributed by atoms with Gasteiger partial charge in [-0.15, -0.1) is 0 Å². The highest BCUT2D eigenvalue weighted by Crippen LogP contribution is 2.21. The van der Waals surface area contributed by atoms with Crippen molar-refractivity contribution in [2.75, 3.05) is 5.32 Å². The Morgan fingerprint density at radius 3 is 2.79 bits per heavy atom. The number of anilines is 1. The monoisotopic (exact) mass is 249 g/mol. The average molecular weight is 249 g/mol. The van der Waals surface area contributed by atoms with E-state index in [0.29, 0.717) is 0 Å². The van der Waals surface area contributed by atoms with Crippen LogP contribution in [0.2, 0.25) is 0 Å². The molecule has 0 spiro atoms. The predicted molar refractivity (Wildman–Crippen MR) is 78.0 cm³/mol. The molecule has 1 N–H and O–H groups in total. The van der Waals surface area contributed by atoms with Gasteiger partial charge in [-0.05, 0) is 31.2 Å². The molecule has 3 heteroatoms. The first-order valence-corrected chi connectivity index (χ1v) is 6.33. The molecule has 0 unspecified atom stereocenters. The van der Waals surface area contributed by atoms with Crippen LogP contribution in [-0.2, 0) is 6.54 Å². The van der Waals surface area contributed by atoms with E-state index in [1.54, 1.807) is 0 Å². The summed E-state index contributed by atoms with van der Waals surface area (Å²) in [6, 6.07) is 16.2. The molecule has 19 heavy (non-hydrogen) atoms. The number of nitrogens with one attached hydrogen (secondary N) is 1. The molecule has 0 saturated heterocycles. The van der Waals surface area contributed by atoms with Crippen molar-refractivity contribution in [1.29, 1.82) is 0 Å². The van der Waals surface area contributed by atoms with Gasteiger partial charge < -0.3 is 5.32 Å². The first-order valence-electron chi connectivity index (χ1n) is 6.33. The van der Waals surface area contributed by atoms with Gasteiger partial charge >= 0.3 is 0 Å². The number of fused-ring (bicyclic) bond motifs is 1. The van der Waals surface area contributed by atoms with Crippen LogP contribution in [0.3, 0.4) is 0 Å². The van der Waals surface area contributed by atoms with Crippen LogP contribution in [0, 0.1) is 6.92 Å². The zero-order valence-corrected chi connectivity index (χ0v) is 10.8. The van der Waals surface area contributed by atoms with Crippen LogP contribution < -0.4 is 5.32 Å². The van der Waals surface area contributed by atoms with E-state index in [9.17, 15) is 0 Å². The Labute approximate surface area is 112 Å². The Balaban J connectivity index is 1.86. The van der Waals surface area contributed by atoms with E-state index in [2.05, 4.69) is 21.4 Å². The molecule has 0 amide bonds. The van der Waals surface area contributed by atoms with Gasteiger partial charge in [-0.1, -0.05) is 24.3 Å². The predicted octanol–water partition coefficient (Wildman–Crippen LogP) is 3.55. The molecule has 3 nitrogen and oxygen atoms in total. The van der Waals surface area contributed by atoms with Crippen LogP contribution in [0.5, 0.6) is 0 Å². The summed E-state index contributed by atoms with van der Waals surface area (Å²) >= 11 is 0. The third kappa shape index (κ3) is 2.55. The molecule has 0 bridgehead atoms. The van der Waals surface area contributed by atoms with Gasteiger partial charge in [-0.2, -0.15) is 0 Å². The molecule has 0 aliphatic carbocycles. The third-order valence-corrected chi connectivity index (χ3v) is 3.06. The summed E-state index contributed by atoms with van der Waals surface area (Å²) in [6.07, 6.45) is 1.83. The fraction of sp³-hybridized carbons (Fsp3) is 0.125. The molecule has 0 saturated carbocycles. The Bertz CT molecular complexity index is 702. The van der Waals surface area contributed by atoms with Crippen molar-refractivity contribution in [1.82, 2.24) is 9.97 Å². The lowest BCUT2D eigenvalue weighted by Gasteiger charge is -2.09. The largest absolute Gasteiger partial charge is 0.379 e. The van der Waals surface area contributed by atoms with Crippen molar-refractivity contribution in [3.63, 3.8) is 0 Å². The van der Waals surface area contributed by atoms with E-state index in [-0.39, 0.29) is 0 Å². The van der Waals surface area contributed by atoms with Gasteiger partial charge in [-0.25, -0.2) is 0 Å². The molecule has 0 radical (unpaired) electrons. The summed E-state index contributed by atoms with van der Waals surface area (Å²) < 4.78 is 0. The molecule has 2 aromatic heterocycles. The van der Waals surface area contributed by atoms with Gasteiger partial charge in [0, 0.05) is 23.0 Å². The van der Waals surface area contributed by atoms with E-state index in [1.807, 2.05) is 55.6 Å². The van der Waals surface area contributed by atoms with Crippen molar-refractivity contribution >= 4 is 16.6 Å². The molecular weight excluding hydrogens is 234 g/mol. The first kappa shape index (κ1) is 11.7. The zero-order chi connectivity index (χ0) is 13.1. The second kappa shape index (κ2) is 5.06. The van der Waals surface area contributed by atoms with Crippen molar-refractivity contribution in [3.05, 3.63) is 66.1 Å². The summed E-state index contributed by atoms with van der Waals surface area (Å²) in [5.41, 5.74) is 4.18. The number of benzene rings is 1. The summed E-state index contributed by atoms with van der Waals surface area (Å²) in [7, 11) is 0. The Morgan fingerprint density at radius 2 is 1.89 bits per heavy atom. The van der Waals surface area contributed by atoms with E-state index in [1.165, 1.54) is 0 Å². The topological polar surface area (TPSA) is 37.8 Å². The van der Waals surface area contributed by atoms with Crippen molar-refractivity contribution < 1.29 is 0 Å². The average Bonchev–Trinajstić information content (AvgIpc) is 2.45. The number of aryl methyl sites for hydroxylation is 1. The number of nitrogens with zero attached hydrogens (tertiary/aromatic N) is 2. The minimum Gasteiger partial charge on any atom is -0.379 e. The highest BCUT2D eigenvalue weighted by atomic mass is 14.9. The molecule has 0 fully saturated rings. The summed E-state index contributed by atoms with van der Waals surface area (Å²) in [5.74, 6) is 0. The lowest BCUT2D eigenvalue weighted by Crippen LogP contribution is -2.02. The van der Waals surface area contributed by atoms with Crippen molar-refractivity contribution in [2.45, 2.75) is 13.5 Å². The summed E-state index contributed by atoms with van der Waals surface area (Å²) in [6.45, 7) is 2.72. The van der Waals surface area contributed by atoms with Gasteiger partial charge in [0.1, 0.15) is 0 Å². The number of para-hydroxylation sites is 1. The maximum absolute atomic E-state index is 4.49. The molecule has 0 atom stereocenters. The maximum Gasteiger partial charge on any atom is 0.0722 e. The second-order valence-electron chi connectivity index (χ2n) is 4.50. The first-order chi connectivity index (χ1) is 9.33. The van der Waals surface area contributed by atoms with Gasteiger partial charge in [0.15, 0.2) is 0 Å². The fourth-order valence-electron chi connectivity index (χ4n) is 2.13. The van der Waals surface area contributed by atoms with Crippen molar-refractivity contribution in [3.8, 4) is 0 Å². The minimum atomic E-state index is 0.718. The quantitative estimate of drug-likeness (QED) is 0.771. The SMILES string of the molecule is Cc1cccc(CNc2ccnc3ccccc23)n1. The highest BCUT2D eigenvalue weighted by molar-refractivity contribution is 5.90. The fourth-order valence-corrected chi connectivity index (χ4v) is 2.13. The van der Waals surface area contributed by atoms with E-state index in [4.69, 9.17) is 0 Å². The molecule has 0 aliphatic heterocycles. The number of hydrogen-bond acceptors (Lipinski definition) is 3. The number of hydrogen-bond donors (Lipinski definition) is 1. The second-order valence-corrected chi connectivity index (χ2v) is 4.50. The standard InChI is InChI=1S/C16H15N3/c1-12-5-4-6-13(19-12)11-18-16-9-10-17-15-8-3-2-7-14(15)16/h2-10H,11H2,1H3,(H,17,18). The van der Waals surface area contributed by atoms with Gasteiger partial charge in [0.05, 0.1) is 17.8 Å². The normalized spacial score (nSPS) is 10.6. The van der Waals surface area contributed by atoms with E-state index < -0.39 is 0 Å². The zero-order valence-electron chi connectivity index (χ0n) is 10.8. The summed E-state index contributed by atoms with van der Waals surface area (Å²) in [4.78, 5) is 8.85. The lowest BCUT2D eigenvalue weighted by atomic mass is 10.2. The molecule has 2 heterocycles. The Hall–Kier alpha value is -2.42. The van der Waals surface area contributed by atoms with Crippen LogP contribution >= 0.6 is 0 Å². The Morgan fingerprint density at radius 1 is 1.00 bits per heavy atom. The molecule has 0 aliphatic rings. The van der Waals surface area contributed by atoms with Crippen LogP contribution in [-0.4, -0.2) is 9.97 Å². The summed E-state index contributed by atoms with van der Waals surface area (Å²) in [5, 5.41) is 4.57. The van der Waals surface area contributed by atoms with Gasteiger partial charge in [-0.3, -0.25) is 9.97 Å². The van der Waals surface area contributed by atoms with Crippen LogP contribution in [0.25, 0.3) is 10.9 Å². The van der Waals surface area contributed by atoms with Crippen LogP contribution in [0.15, 0.2) is 54.7 Å². The van der Waals surface area contributed by atoms with E-state index in [0.717, 1.165) is 34.5 Å². The van der Waals surface area contributed by atoms with Crippen LogP contribution in [0.4, 0.5) is 5.69 Å². The number of pyridine rings is 2. The highest BCUT2D eigenvalue weighted by Gasteiger charge is 2.01. The molecular formula is C16H15N3. The van der Waals surface area contributed by atoms with Gasteiger partial charge in [0.2, 0.25) is 0 Å². The number of aromatic nitrogens is 2. The molecule has 3 aromatic rings. The minimum absolute atomic E-state index is 0.718. The molecule has 3 rings (SSSR count).